The van der Waals surface area contributed by atoms with Gasteiger partial charge in [-0.2, -0.15) is 0 Å². The SMILES string of the molecule is CN(C)NC(=O)NC(C(=O)N[C@H]1C(=O)N2C(C(=O)O)=C(CSc3nnnn3C)CSC12)c1cccs1. The number of tetrazole rings is 1. The molecule has 3 atom stereocenters. The van der Waals surface area contributed by atoms with Crippen LogP contribution >= 0.6 is 34.9 Å². The molecule has 2 aliphatic heterocycles. The summed E-state index contributed by atoms with van der Waals surface area (Å²) < 4.78 is 1.47. The van der Waals surface area contributed by atoms with Crippen molar-refractivity contribution in [3.8, 4) is 0 Å². The van der Waals surface area contributed by atoms with Gasteiger partial charge < -0.3 is 15.7 Å². The predicted octanol–water partition coefficient (Wildman–Crippen LogP) is -0.381. The fourth-order valence-corrected chi connectivity index (χ4v) is 6.72. The molecule has 4 heterocycles. The molecule has 14 nitrogen and oxygen atoms in total. The van der Waals surface area contributed by atoms with Crippen LogP contribution in [0.25, 0.3) is 0 Å². The number of urea groups is 1. The van der Waals surface area contributed by atoms with Gasteiger partial charge in [-0.25, -0.2) is 19.3 Å². The van der Waals surface area contributed by atoms with Crippen LogP contribution in [0.5, 0.6) is 0 Å². The number of thioether (sulfide) groups is 2. The highest BCUT2D eigenvalue weighted by molar-refractivity contribution is 8.01. The number of thiophene rings is 1. The molecular weight excluding hydrogens is 530 g/mol. The molecule has 192 valence electrons. The topological polar surface area (TPSA) is 175 Å². The van der Waals surface area contributed by atoms with Crippen molar-refractivity contribution in [2.75, 3.05) is 25.6 Å². The molecule has 4 N–H and O–H groups in total. The standard InChI is InChI=1S/C19H23N9O5S3/c1-26(2)23-18(33)21-11(10-5-4-6-34-10)14(29)20-12-15(30)28-13(17(31)32)9(7-35-16(12)28)8-36-19-22-24-25-27(19)3/h4-6,11-12,16H,7-8H2,1-3H3,(H,20,29)(H,31,32)(H2,21,23,33)/t11?,12-,16?/m0/s1. The van der Waals surface area contributed by atoms with Gasteiger partial charge >= 0.3 is 12.0 Å². The summed E-state index contributed by atoms with van der Waals surface area (Å²) in [6.07, 6.45) is 0. The number of hydrogen-bond acceptors (Lipinski definition) is 11. The van der Waals surface area contributed by atoms with Gasteiger partial charge in [0, 0.05) is 37.5 Å². The van der Waals surface area contributed by atoms with Crippen molar-refractivity contribution < 1.29 is 24.3 Å². The van der Waals surface area contributed by atoms with Gasteiger partial charge in [0.05, 0.1) is 0 Å². The summed E-state index contributed by atoms with van der Waals surface area (Å²) >= 11 is 3.92. The number of carbonyl (C=O) groups is 4. The van der Waals surface area contributed by atoms with Crippen molar-refractivity contribution in [3.05, 3.63) is 33.7 Å². The number of carboxylic acids is 1. The normalized spacial score (nSPS) is 20.0. The monoisotopic (exact) mass is 553 g/mol. The molecule has 1 saturated heterocycles. The first kappa shape index (κ1) is 25.9. The van der Waals surface area contributed by atoms with Crippen molar-refractivity contribution in [3.63, 3.8) is 0 Å². The molecule has 0 radical (unpaired) electrons. The molecule has 17 heteroatoms. The Labute approximate surface area is 217 Å². The van der Waals surface area contributed by atoms with Gasteiger partial charge in [-0.05, 0) is 27.4 Å². The lowest BCUT2D eigenvalue weighted by Crippen LogP contribution is -2.71. The van der Waals surface area contributed by atoms with E-state index in [0.717, 1.165) is 0 Å². The lowest BCUT2D eigenvalue weighted by atomic mass is 10.0. The van der Waals surface area contributed by atoms with Crippen LogP contribution in [0.1, 0.15) is 10.9 Å². The number of nitrogens with zero attached hydrogens (tertiary/aromatic N) is 6. The highest BCUT2D eigenvalue weighted by atomic mass is 32.2. The summed E-state index contributed by atoms with van der Waals surface area (Å²) in [6.45, 7) is 0. The number of hydrogen-bond donors (Lipinski definition) is 4. The number of fused-ring (bicyclic) bond motifs is 1. The van der Waals surface area contributed by atoms with E-state index in [1.165, 1.54) is 49.5 Å². The number of aromatic nitrogens is 4. The summed E-state index contributed by atoms with van der Waals surface area (Å²) in [5.41, 5.74) is 2.99. The van der Waals surface area contributed by atoms with Gasteiger partial charge in [-0.3, -0.25) is 19.9 Å². The molecule has 4 amide bonds. The molecule has 2 unspecified atom stereocenters. The van der Waals surface area contributed by atoms with E-state index in [1.807, 2.05) is 0 Å². The van der Waals surface area contributed by atoms with E-state index in [1.54, 1.807) is 38.7 Å². The number of nitrogens with one attached hydrogen (secondary N) is 3. The Bertz CT molecular complexity index is 1200. The number of aliphatic carboxylic acids is 1. The number of hydrazine groups is 1. The summed E-state index contributed by atoms with van der Waals surface area (Å²) in [4.78, 5) is 52.3. The minimum atomic E-state index is -1.22. The maximum Gasteiger partial charge on any atom is 0.352 e. The second-order valence-electron chi connectivity index (χ2n) is 7.96. The van der Waals surface area contributed by atoms with E-state index in [2.05, 4.69) is 31.6 Å². The highest BCUT2D eigenvalue weighted by Gasteiger charge is 2.54. The minimum Gasteiger partial charge on any atom is -0.477 e. The van der Waals surface area contributed by atoms with Gasteiger partial charge in [0.2, 0.25) is 11.1 Å². The van der Waals surface area contributed by atoms with Crippen LogP contribution in [0.2, 0.25) is 0 Å². The van der Waals surface area contributed by atoms with Crippen molar-refractivity contribution >= 4 is 58.7 Å². The number of β-lactam (4-membered cyclic amide) rings is 1. The van der Waals surface area contributed by atoms with Crippen LogP contribution < -0.4 is 16.1 Å². The van der Waals surface area contributed by atoms with E-state index >= 15 is 0 Å². The molecule has 4 rings (SSSR count). The molecule has 0 aliphatic carbocycles. The quantitative estimate of drug-likeness (QED) is 0.181. The summed E-state index contributed by atoms with van der Waals surface area (Å²) in [7, 11) is 4.94. The molecule has 0 spiro atoms. The van der Waals surface area contributed by atoms with E-state index in [-0.39, 0.29) is 5.70 Å². The number of carboxylic acid groups (broad SMARTS) is 1. The average molecular weight is 554 g/mol. The zero-order chi connectivity index (χ0) is 26.0. The lowest BCUT2D eigenvalue weighted by molar-refractivity contribution is -0.150. The van der Waals surface area contributed by atoms with Gasteiger partial charge in [0.25, 0.3) is 5.91 Å². The predicted molar refractivity (Wildman–Crippen MR) is 132 cm³/mol. The highest BCUT2D eigenvalue weighted by Crippen LogP contribution is 2.41. The zero-order valence-corrected chi connectivity index (χ0v) is 21.8. The molecule has 2 aromatic heterocycles. The van der Waals surface area contributed by atoms with Gasteiger partial charge in [0.1, 0.15) is 23.2 Å². The first-order chi connectivity index (χ1) is 17.2. The Balaban J connectivity index is 1.47. The first-order valence-electron chi connectivity index (χ1n) is 10.5. The van der Waals surface area contributed by atoms with Gasteiger partial charge in [-0.15, -0.1) is 28.2 Å². The molecule has 1 fully saturated rings. The van der Waals surface area contributed by atoms with Gasteiger partial charge in [-0.1, -0.05) is 17.8 Å². The molecular formula is C19H23N9O5S3. The fraction of sp³-hybridized carbons (Fsp3) is 0.421. The second kappa shape index (κ2) is 10.9. The summed E-state index contributed by atoms with van der Waals surface area (Å²) in [5.74, 6) is -1.66. The molecule has 0 bridgehead atoms. The van der Waals surface area contributed by atoms with Crippen molar-refractivity contribution in [2.45, 2.75) is 22.6 Å². The minimum absolute atomic E-state index is 0.0878. The second-order valence-corrected chi connectivity index (χ2v) is 11.0. The zero-order valence-electron chi connectivity index (χ0n) is 19.4. The van der Waals surface area contributed by atoms with Crippen molar-refractivity contribution in [1.29, 1.82) is 0 Å². The smallest absolute Gasteiger partial charge is 0.352 e. The molecule has 0 aromatic carbocycles. The largest absolute Gasteiger partial charge is 0.477 e. The molecule has 2 aromatic rings. The number of carbonyl (C=O) groups excluding carboxylic acids is 3. The third-order valence-electron chi connectivity index (χ3n) is 5.19. The van der Waals surface area contributed by atoms with Crippen molar-refractivity contribution in [1.82, 2.24) is 46.2 Å². The van der Waals surface area contributed by atoms with E-state index in [9.17, 15) is 24.3 Å². The van der Waals surface area contributed by atoms with Gasteiger partial charge in [0.15, 0.2) is 0 Å². The molecule has 36 heavy (non-hydrogen) atoms. The van der Waals surface area contributed by atoms with Crippen LogP contribution in [0.15, 0.2) is 33.9 Å². The number of rotatable bonds is 9. The lowest BCUT2D eigenvalue weighted by Gasteiger charge is -2.49. The number of aryl methyl sites for hydroxylation is 1. The Kier molecular flexibility index (Phi) is 7.82. The maximum absolute atomic E-state index is 13.1. The Morgan fingerprint density at radius 3 is 2.75 bits per heavy atom. The van der Waals surface area contributed by atoms with Crippen LogP contribution in [0.4, 0.5) is 4.79 Å². The van der Waals surface area contributed by atoms with Crippen LogP contribution in [-0.2, 0) is 21.4 Å². The Morgan fingerprint density at radius 1 is 1.36 bits per heavy atom. The van der Waals surface area contributed by atoms with Crippen LogP contribution in [0, 0.1) is 0 Å². The van der Waals surface area contributed by atoms with Crippen LogP contribution in [-0.4, -0.2) is 96.1 Å². The van der Waals surface area contributed by atoms with E-state index in [0.29, 0.717) is 27.1 Å². The third-order valence-corrected chi connectivity index (χ3v) is 8.57. The van der Waals surface area contributed by atoms with E-state index in [4.69, 9.17) is 0 Å². The number of amides is 4. The summed E-state index contributed by atoms with van der Waals surface area (Å²) in [6, 6.07) is 0.923. The summed E-state index contributed by atoms with van der Waals surface area (Å²) in [5, 5.41) is 29.5. The third kappa shape index (κ3) is 5.32. The van der Waals surface area contributed by atoms with Crippen molar-refractivity contribution in [2.24, 2.45) is 7.05 Å². The van der Waals surface area contributed by atoms with Crippen LogP contribution in [0.3, 0.4) is 0 Å². The Morgan fingerprint density at radius 2 is 2.14 bits per heavy atom. The molecule has 2 aliphatic rings. The fourth-order valence-electron chi connectivity index (χ4n) is 3.61. The van der Waals surface area contributed by atoms with E-state index < -0.39 is 41.3 Å². The first-order valence-corrected chi connectivity index (χ1v) is 13.4. The Hall–Kier alpha value is -3.15. The molecule has 0 saturated carbocycles. The maximum atomic E-state index is 13.1. The average Bonchev–Trinajstić information content (AvgIpc) is 3.50.